The van der Waals surface area contributed by atoms with E-state index in [9.17, 15) is 9.59 Å². The summed E-state index contributed by atoms with van der Waals surface area (Å²) in [7, 11) is 4.79. The van der Waals surface area contributed by atoms with Crippen LogP contribution in [0, 0.1) is 6.92 Å². The molecule has 24 heavy (non-hydrogen) atoms. The topological polar surface area (TPSA) is 92.5 Å². The van der Waals surface area contributed by atoms with Crippen LogP contribution in [0.15, 0.2) is 32.6 Å². The van der Waals surface area contributed by atoms with Crippen molar-refractivity contribution in [2.75, 3.05) is 0 Å². The molecule has 0 bridgehead atoms. The number of imidazole rings is 1. The van der Waals surface area contributed by atoms with Crippen molar-refractivity contribution in [1.29, 1.82) is 0 Å². The summed E-state index contributed by atoms with van der Waals surface area (Å²) in [5.41, 5.74) is -0.0697. The van der Waals surface area contributed by atoms with Crippen LogP contribution in [-0.4, -0.2) is 33.4 Å². The second-order valence-electron chi connectivity index (χ2n) is 5.36. The molecule has 3 aromatic rings. The van der Waals surface area contributed by atoms with Crippen molar-refractivity contribution in [3.63, 3.8) is 0 Å². The number of aromatic nitrogens is 7. The van der Waals surface area contributed by atoms with Crippen LogP contribution in [0.25, 0.3) is 11.2 Å². The molecule has 0 aliphatic heterocycles. The third-order valence-electron chi connectivity index (χ3n) is 3.83. The van der Waals surface area contributed by atoms with Crippen molar-refractivity contribution in [1.82, 2.24) is 33.4 Å². The second kappa shape index (κ2) is 5.78. The van der Waals surface area contributed by atoms with Gasteiger partial charge in [-0.15, -0.1) is 16.8 Å². The average Bonchev–Trinajstić information content (AvgIpc) is 3.06. The summed E-state index contributed by atoms with van der Waals surface area (Å²) in [6.45, 7) is 6.16. The van der Waals surface area contributed by atoms with Gasteiger partial charge in [-0.3, -0.25) is 13.9 Å². The van der Waals surface area contributed by atoms with Gasteiger partial charge in [0.1, 0.15) is 5.82 Å². The number of rotatable bonds is 4. The fourth-order valence-corrected chi connectivity index (χ4v) is 3.37. The first kappa shape index (κ1) is 16.2. The van der Waals surface area contributed by atoms with Gasteiger partial charge < -0.3 is 9.13 Å². The minimum atomic E-state index is -0.409. The molecule has 3 heterocycles. The van der Waals surface area contributed by atoms with Crippen LogP contribution in [0.5, 0.6) is 0 Å². The SMILES string of the molecule is C=CCn1c(C)nnc1Sc1nc2c(c(=O)n(C)c(=O)n2C)n1C. The maximum absolute atomic E-state index is 12.4. The van der Waals surface area contributed by atoms with E-state index in [0.29, 0.717) is 28.0 Å². The number of fused-ring (bicyclic) bond motifs is 1. The van der Waals surface area contributed by atoms with Crippen LogP contribution in [0.2, 0.25) is 0 Å². The summed E-state index contributed by atoms with van der Waals surface area (Å²) in [5.74, 6) is 0.763. The molecule has 0 fully saturated rings. The Balaban J connectivity index is 2.19. The number of hydrogen-bond acceptors (Lipinski definition) is 6. The molecule has 0 saturated heterocycles. The highest BCUT2D eigenvalue weighted by molar-refractivity contribution is 7.99. The molecule has 0 unspecified atom stereocenters. The Bertz CT molecular complexity index is 1070. The van der Waals surface area contributed by atoms with E-state index in [1.165, 1.54) is 23.4 Å². The highest BCUT2D eigenvalue weighted by atomic mass is 32.2. The first-order chi connectivity index (χ1) is 11.4. The zero-order valence-corrected chi connectivity index (χ0v) is 14.7. The maximum atomic E-state index is 12.4. The van der Waals surface area contributed by atoms with Gasteiger partial charge in [-0.25, -0.2) is 9.78 Å². The minimum absolute atomic E-state index is 0.347. The predicted octanol–water partition coefficient (Wildman–Crippen LogP) is 0.208. The molecule has 0 aliphatic rings. The molecule has 3 aromatic heterocycles. The standard InChI is InChI=1S/C14H17N7O2S/c1-6-7-21-8(2)16-17-13(21)24-12-15-10-9(18(12)3)11(22)20(5)14(23)19(10)4/h6H,1,7H2,2-5H3. The second-order valence-corrected chi connectivity index (χ2v) is 6.30. The zero-order valence-electron chi connectivity index (χ0n) is 13.8. The molecule has 0 saturated carbocycles. The van der Waals surface area contributed by atoms with Gasteiger partial charge in [0.05, 0.1) is 0 Å². The van der Waals surface area contributed by atoms with Gasteiger partial charge in [-0.2, -0.15) is 0 Å². The van der Waals surface area contributed by atoms with Gasteiger partial charge in [0.25, 0.3) is 5.56 Å². The molecule has 0 aromatic carbocycles. The van der Waals surface area contributed by atoms with Gasteiger partial charge in [0, 0.05) is 27.7 Å². The molecule has 0 amide bonds. The molecule has 0 spiro atoms. The Morgan fingerprint density at radius 3 is 2.46 bits per heavy atom. The first-order valence-electron chi connectivity index (χ1n) is 7.17. The van der Waals surface area contributed by atoms with Gasteiger partial charge in [0.15, 0.2) is 21.5 Å². The minimum Gasteiger partial charge on any atom is -0.316 e. The molecule has 10 heteroatoms. The molecule has 0 radical (unpaired) electrons. The molecule has 0 aliphatic carbocycles. The summed E-state index contributed by atoms with van der Waals surface area (Å²) in [4.78, 5) is 28.9. The highest BCUT2D eigenvalue weighted by Crippen LogP contribution is 2.27. The summed E-state index contributed by atoms with van der Waals surface area (Å²) in [5, 5.41) is 9.41. The largest absolute Gasteiger partial charge is 0.332 e. The smallest absolute Gasteiger partial charge is 0.316 e. The molecular formula is C14H17N7O2S. The first-order valence-corrected chi connectivity index (χ1v) is 7.99. The van der Waals surface area contributed by atoms with Crippen LogP contribution in [0.1, 0.15) is 5.82 Å². The van der Waals surface area contributed by atoms with Crippen molar-refractivity contribution in [3.8, 4) is 0 Å². The predicted molar refractivity (Wildman–Crippen MR) is 90.3 cm³/mol. The lowest BCUT2D eigenvalue weighted by Crippen LogP contribution is -2.37. The van der Waals surface area contributed by atoms with Crippen LogP contribution >= 0.6 is 11.8 Å². The van der Waals surface area contributed by atoms with E-state index in [-0.39, 0.29) is 5.56 Å². The van der Waals surface area contributed by atoms with Crippen LogP contribution in [0.3, 0.4) is 0 Å². The molecule has 126 valence electrons. The molecule has 3 rings (SSSR count). The summed E-state index contributed by atoms with van der Waals surface area (Å²) >= 11 is 1.29. The van der Waals surface area contributed by atoms with E-state index in [1.54, 1.807) is 24.7 Å². The third-order valence-corrected chi connectivity index (χ3v) is 4.86. The van der Waals surface area contributed by atoms with Crippen molar-refractivity contribution >= 4 is 22.9 Å². The van der Waals surface area contributed by atoms with E-state index >= 15 is 0 Å². The average molecular weight is 347 g/mol. The summed E-state index contributed by atoms with van der Waals surface area (Å²) < 4.78 is 6.00. The van der Waals surface area contributed by atoms with E-state index in [1.807, 2.05) is 11.5 Å². The number of allylic oxidation sites excluding steroid dienone is 1. The Morgan fingerprint density at radius 1 is 1.08 bits per heavy atom. The Morgan fingerprint density at radius 2 is 1.79 bits per heavy atom. The lowest BCUT2D eigenvalue weighted by molar-refractivity contribution is 0.698. The van der Waals surface area contributed by atoms with Crippen molar-refractivity contribution in [2.24, 2.45) is 21.1 Å². The Kier molecular flexibility index (Phi) is 3.91. The number of aryl methyl sites for hydroxylation is 3. The normalized spacial score (nSPS) is 11.3. The molecule has 9 nitrogen and oxygen atoms in total. The molecule has 0 atom stereocenters. The number of nitrogens with zero attached hydrogens (tertiary/aromatic N) is 7. The van der Waals surface area contributed by atoms with Crippen LogP contribution < -0.4 is 11.2 Å². The van der Waals surface area contributed by atoms with Crippen LogP contribution in [-0.2, 0) is 27.7 Å². The summed E-state index contributed by atoms with van der Waals surface area (Å²) in [6, 6.07) is 0. The lowest BCUT2D eigenvalue weighted by Gasteiger charge is -2.05. The molecular weight excluding hydrogens is 330 g/mol. The Labute approximate surface area is 141 Å². The van der Waals surface area contributed by atoms with Gasteiger partial charge in [-0.1, -0.05) is 6.08 Å². The lowest BCUT2D eigenvalue weighted by atomic mass is 10.5. The van der Waals surface area contributed by atoms with Gasteiger partial charge >= 0.3 is 5.69 Å². The number of hydrogen-bond donors (Lipinski definition) is 0. The van der Waals surface area contributed by atoms with Gasteiger partial charge in [0.2, 0.25) is 0 Å². The molecule has 0 N–H and O–H groups in total. The van der Waals surface area contributed by atoms with Crippen LogP contribution in [0.4, 0.5) is 0 Å². The van der Waals surface area contributed by atoms with E-state index < -0.39 is 5.69 Å². The monoisotopic (exact) mass is 347 g/mol. The van der Waals surface area contributed by atoms with E-state index in [0.717, 1.165) is 10.4 Å². The highest BCUT2D eigenvalue weighted by Gasteiger charge is 2.19. The maximum Gasteiger partial charge on any atom is 0.332 e. The fourth-order valence-electron chi connectivity index (χ4n) is 2.45. The quantitative estimate of drug-likeness (QED) is 0.626. The fraction of sp³-hybridized carbons (Fsp3) is 0.357. The van der Waals surface area contributed by atoms with Crippen molar-refractivity contribution in [2.45, 2.75) is 23.8 Å². The van der Waals surface area contributed by atoms with E-state index in [4.69, 9.17) is 0 Å². The van der Waals surface area contributed by atoms with Gasteiger partial charge in [-0.05, 0) is 18.7 Å². The zero-order chi connectivity index (χ0) is 17.6. The third kappa shape index (κ3) is 2.30. The van der Waals surface area contributed by atoms with Crippen molar-refractivity contribution in [3.05, 3.63) is 39.3 Å². The Hall–Kier alpha value is -2.62. The van der Waals surface area contributed by atoms with E-state index in [2.05, 4.69) is 21.8 Å². The summed E-state index contributed by atoms with van der Waals surface area (Å²) in [6.07, 6.45) is 1.76. The van der Waals surface area contributed by atoms with Crippen molar-refractivity contribution < 1.29 is 0 Å².